The smallest absolute Gasteiger partial charge is 0.481 e. The topological polar surface area (TPSA) is 140 Å². The summed E-state index contributed by atoms with van der Waals surface area (Å²) in [6.07, 6.45) is -3.00. The first-order valence-electron chi connectivity index (χ1n) is 7.07. The fourth-order valence-corrected chi connectivity index (χ4v) is 2.20. The molecule has 0 aliphatic heterocycles. The maximum atomic E-state index is 11.4. The van der Waals surface area contributed by atoms with E-state index in [0.29, 0.717) is 18.7 Å². The highest BCUT2D eigenvalue weighted by atomic mass is 19.4. The van der Waals surface area contributed by atoms with E-state index in [1.54, 1.807) is 18.3 Å². The van der Waals surface area contributed by atoms with Crippen LogP contribution in [-0.4, -0.2) is 50.6 Å². The highest BCUT2D eigenvalue weighted by Gasteiger charge is 2.45. The van der Waals surface area contributed by atoms with E-state index in [1.165, 1.54) is 0 Å². The molecule has 8 nitrogen and oxygen atoms in total. The van der Waals surface area contributed by atoms with E-state index < -0.39 is 29.6 Å². The lowest BCUT2D eigenvalue weighted by Gasteiger charge is -2.41. The number of hydrogen-bond donors (Lipinski definition) is 5. The summed E-state index contributed by atoms with van der Waals surface area (Å²) in [7, 11) is 0. The Bertz CT molecular complexity index is 667. The van der Waals surface area contributed by atoms with Crippen molar-refractivity contribution in [3.05, 3.63) is 34.2 Å². The molecule has 1 saturated carbocycles. The largest absolute Gasteiger partial charge is 0.490 e. The number of alkyl halides is 3. The molecule has 1 aliphatic carbocycles. The van der Waals surface area contributed by atoms with Gasteiger partial charge >= 0.3 is 18.1 Å². The number of rotatable bonds is 5. The average molecular weight is 366 g/mol. The molecule has 2 rings (SSSR count). The molecule has 0 saturated heterocycles. The Labute approximate surface area is 139 Å². The zero-order chi connectivity index (χ0) is 19.3. The first kappa shape index (κ1) is 20.6. The van der Waals surface area contributed by atoms with Gasteiger partial charge in [-0.3, -0.25) is 9.59 Å². The zero-order valence-electron chi connectivity index (χ0n) is 12.8. The number of pyridine rings is 1. The lowest BCUT2D eigenvalue weighted by Crippen LogP contribution is -2.53. The Hall–Kier alpha value is -2.40. The molecule has 0 aromatic carbocycles. The number of aromatic nitrogens is 1. The van der Waals surface area contributed by atoms with Gasteiger partial charge in [-0.05, 0) is 18.9 Å². The molecule has 1 aliphatic rings. The number of aliphatic hydroxyl groups is 1. The van der Waals surface area contributed by atoms with E-state index >= 15 is 0 Å². The molecule has 1 fully saturated rings. The van der Waals surface area contributed by atoms with Gasteiger partial charge in [-0.1, -0.05) is 6.07 Å². The number of aliphatic carboxylic acids is 2. The summed E-state index contributed by atoms with van der Waals surface area (Å²) in [6, 6.07) is 3.44. The molecule has 1 heterocycles. The second-order valence-electron chi connectivity index (χ2n) is 5.60. The molecule has 0 bridgehead atoms. The highest BCUT2D eigenvalue weighted by molar-refractivity contribution is 5.73. The molecule has 0 amide bonds. The van der Waals surface area contributed by atoms with Crippen molar-refractivity contribution in [1.29, 1.82) is 0 Å². The summed E-state index contributed by atoms with van der Waals surface area (Å²) in [5.74, 6) is -4.07. The first-order chi connectivity index (χ1) is 11.4. The SMILES string of the molecule is O=C(O)C(F)(F)F.O=C(O)C1CC(O)(CNCc2ccc[nH]c2=O)C1. The van der Waals surface area contributed by atoms with E-state index in [0.717, 1.165) is 0 Å². The van der Waals surface area contributed by atoms with Gasteiger partial charge < -0.3 is 25.6 Å². The molecule has 0 atom stereocenters. The van der Waals surface area contributed by atoms with Crippen molar-refractivity contribution in [3.8, 4) is 0 Å². The Morgan fingerprint density at radius 3 is 2.32 bits per heavy atom. The van der Waals surface area contributed by atoms with Crippen molar-refractivity contribution in [2.24, 2.45) is 5.92 Å². The molecule has 11 heteroatoms. The summed E-state index contributed by atoms with van der Waals surface area (Å²) in [6.45, 7) is 0.654. The Balaban J connectivity index is 0.000000381. The van der Waals surface area contributed by atoms with Crippen LogP contribution in [0.2, 0.25) is 0 Å². The van der Waals surface area contributed by atoms with Crippen molar-refractivity contribution in [3.63, 3.8) is 0 Å². The molecule has 5 N–H and O–H groups in total. The van der Waals surface area contributed by atoms with Gasteiger partial charge in [0.25, 0.3) is 5.56 Å². The molecule has 0 spiro atoms. The summed E-state index contributed by atoms with van der Waals surface area (Å²) >= 11 is 0. The van der Waals surface area contributed by atoms with Crippen molar-refractivity contribution < 1.29 is 38.1 Å². The van der Waals surface area contributed by atoms with Crippen LogP contribution in [0.4, 0.5) is 13.2 Å². The predicted molar refractivity (Wildman–Crippen MR) is 77.8 cm³/mol. The monoisotopic (exact) mass is 366 g/mol. The van der Waals surface area contributed by atoms with Crippen LogP contribution in [0.5, 0.6) is 0 Å². The number of carboxylic acids is 2. The van der Waals surface area contributed by atoms with Crippen LogP contribution in [0.3, 0.4) is 0 Å². The van der Waals surface area contributed by atoms with Gasteiger partial charge in [0.1, 0.15) is 0 Å². The van der Waals surface area contributed by atoms with E-state index in [9.17, 15) is 27.9 Å². The standard InChI is InChI=1S/C12H16N2O4.C2HF3O2/c15-10-8(2-1-3-14-10)6-13-7-12(18)4-9(5-12)11(16)17;3-2(4,5)1(6)7/h1-3,9,13,18H,4-7H2,(H,14,15)(H,16,17);(H,6,7). The second kappa shape index (κ2) is 8.12. The normalized spacial score (nSPS) is 22.3. The number of hydrogen-bond acceptors (Lipinski definition) is 5. The Kier molecular flexibility index (Phi) is 6.70. The zero-order valence-corrected chi connectivity index (χ0v) is 12.8. The van der Waals surface area contributed by atoms with Gasteiger partial charge in [0.2, 0.25) is 0 Å². The van der Waals surface area contributed by atoms with Gasteiger partial charge in [0.05, 0.1) is 11.5 Å². The minimum absolute atomic E-state index is 0.158. The third-order valence-electron chi connectivity index (χ3n) is 3.51. The number of nitrogens with one attached hydrogen (secondary N) is 2. The van der Waals surface area contributed by atoms with Gasteiger partial charge in [0.15, 0.2) is 0 Å². The number of H-pyrrole nitrogens is 1. The van der Waals surface area contributed by atoms with Gasteiger partial charge in [-0.15, -0.1) is 0 Å². The summed E-state index contributed by atoms with van der Waals surface area (Å²) in [4.78, 5) is 33.5. The maximum Gasteiger partial charge on any atom is 0.490 e. The minimum Gasteiger partial charge on any atom is -0.481 e. The quantitative estimate of drug-likeness (QED) is 0.506. The second-order valence-corrected chi connectivity index (χ2v) is 5.60. The molecule has 25 heavy (non-hydrogen) atoms. The summed E-state index contributed by atoms with van der Waals surface area (Å²) in [5, 5.41) is 28.8. The van der Waals surface area contributed by atoms with E-state index in [4.69, 9.17) is 15.0 Å². The number of halogens is 3. The molecule has 1 aromatic rings. The fourth-order valence-electron chi connectivity index (χ4n) is 2.20. The Morgan fingerprint density at radius 2 is 1.88 bits per heavy atom. The lowest BCUT2D eigenvalue weighted by molar-refractivity contribution is -0.192. The maximum absolute atomic E-state index is 11.4. The third-order valence-corrected chi connectivity index (χ3v) is 3.51. The van der Waals surface area contributed by atoms with Crippen molar-refractivity contribution in [2.45, 2.75) is 31.2 Å². The lowest BCUT2D eigenvalue weighted by atomic mass is 9.71. The van der Waals surface area contributed by atoms with Crippen LogP contribution >= 0.6 is 0 Å². The van der Waals surface area contributed by atoms with Gasteiger partial charge in [-0.25, -0.2) is 4.79 Å². The van der Waals surface area contributed by atoms with Crippen molar-refractivity contribution in [2.75, 3.05) is 6.54 Å². The van der Waals surface area contributed by atoms with Crippen LogP contribution in [0.1, 0.15) is 18.4 Å². The van der Waals surface area contributed by atoms with Crippen LogP contribution in [0.25, 0.3) is 0 Å². The van der Waals surface area contributed by atoms with Crippen molar-refractivity contribution >= 4 is 11.9 Å². The minimum atomic E-state index is -5.08. The van der Waals surface area contributed by atoms with Crippen LogP contribution < -0.4 is 10.9 Å². The third kappa shape index (κ3) is 6.55. The van der Waals surface area contributed by atoms with Crippen molar-refractivity contribution in [1.82, 2.24) is 10.3 Å². The van der Waals surface area contributed by atoms with E-state index in [2.05, 4.69) is 10.3 Å². The molecule has 1 aromatic heterocycles. The Morgan fingerprint density at radius 1 is 1.32 bits per heavy atom. The molecule has 0 unspecified atom stereocenters. The predicted octanol–water partition coefficient (Wildman–Crippen LogP) is 0.323. The fraction of sp³-hybridized carbons (Fsp3) is 0.500. The molecular weight excluding hydrogens is 349 g/mol. The number of aromatic amines is 1. The summed E-state index contributed by atoms with van der Waals surface area (Å²) < 4.78 is 31.7. The van der Waals surface area contributed by atoms with E-state index in [-0.39, 0.29) is 18.4 Å². The van der Waals surface area contributed by atoms with Crippen LogP contribution in [0, 0.1) is 5.92 Å². The first-order valence-corrected chi connectivity index (χ1v) is 7.07. The van der Waals surface area contributed by atoms with Crippen LogP contribution in [-0.2, 0) is 16.1 Å². The summed E-state index contributed by atoms with van der Waals surface area (Å²) in [5.41, 5.74) is -0.519. The number of carboxylic acid groups (broad SMARTS) is 2. The molecule has 0 radical (unpaired) electrons. The van der Waals surface area contributed by atoms with Gasteiger partial charge in [-0.2, -0.15) is 13.2 Å². The highest BCUT2D eigenvalue weighted by Crippen LogP contribution is 2.37. The van der Waals surface area contributed by atoms with Gasteiger partial charge in [0, 0.05) is 24.8 Å². The van der Waals surface area contributed by atoms with E-state index in [1.807, 2.05) is 0 Å². The molecule has 140 valence electrons. The molecular formula is C14H17F3N2O6. The average Bonchev–Trinajstić information content (AvgIpc) is 2.46. The number of carbonyl (C=O) groups is 2. The van der Waals surface area contributed by atoms with Crippen LogP contribution in [0.15, 0.2) is 23.1 Å².